The molecule has 29 heavy (non-hydrogen) atoms. The molecule has 1 atom stereocenters. The summed E-state index contributed by atoms with van der Waals surface area (Å²) in [5, 5.41) is 3.34. The number of nitrogens with zero attached hydrogens (tertiary/aromatic N) is 2. The van der Waals surface area contributed by atoms with E-state index in [1.54, 1.807) is 0 Å². The molecule has 2 aliphatic rings. The van der Waals surface area contributed by atoms with E-state index < -0.39 is 11.7 Å². The molecule has 0 aromatic heterocycles. The van der Waals surface area contributed by atoms with Gasteiger partial charge in [-0.3, -0.25) is 4.99 Å². The molecular weight excluding hydrogens is 377 g/mol. The van der Waals surface area contributed by atoms with Gasteiger partial charge in [-0.15, -0.1) is 0 Å². The van der Waals surface area contributed by atoms with Crippen LogP contribution < -0.4 is 11.1 Å². The Morgan fingerprint density at radius 3 is 2.66 bits per heavy atom. The number of nitrogens with one attached hydrogen (secondary N) is 1. The Bertz CT molecular complexity index is 907. The van der Waals surface area contributed by atoms with Gasteiger partial charge in [0.15, 0.2) is 0 Å². The molecule has 1 aliphatic carbocycles. The topological polar surface area (TPSA) is 62.8 Å². The maximum Gasteiger partial charge on any atom is 0.416 e. The number of fused-ring (bicyclic) bond motifs is 1. The summed E-state index contributed by atoms with van der Waals surface area (Å²) >= 11 is 0. The molecule has 3 rings (SSSR count). The van der Waals surface area contributed by atoms with E-state index in [1.165, 1.54) is 17.2 Å². The van der Waals surface area contributed by atoms with E-state index in [-0.39, 0.29) is 18.2 Å². The maximum absolute atomic E-state index is 13.1. The number of nitrogen functional groups attached to an aromatic ring is 1. The Morgan fingerprint density at radius 2 is 2.00 bits per heavy atom. The van der Waals surface area contributed by atoms with Gasteiger partial charge in [0.2, 0.25) is 0 Å². The first-order valence-electron chi connectivity index (χ1n) is 9.97. The summed E-state index contributed by atoms with van der Waals surface area (Å²) in [6, 6.07) is 3.58. The Hall–Kier alpha value is -2.57. The van der Waals surface area contributed by atoms with Gasteiger partial charge in [0, 0.05) is 11.4 Å². The molecule has 1 unspecified atom stereocenters. The van der Waals surface area contributed by atoms with E-state index in [2.05, 4.69) is 35.2 Å². The summed E-state index contributed by atoms with van der Waals surface area (Å²) < 4.78 is 39.2. The third kappa shape index (κ3) is 4.89. The lowest BCUT2D eigenvalue weighted by Crippen LogP contribution is -2.37. The number of halogens is 3. The van der Waals surface area contributed by atoms with Crippen molar-refractivity contribution < 1.29 is 13.2 Å². The van der Waals surface area contributed by atoms with Crippen molar-refractivity contribution in [2.45, 2.75) is 59.2 Å². The summed E-state index contributed by atoms with van der Waals surface area (Å²) in [4.78, 5) is 9.15. The zero-order valence-electron chi connectivity index (χ0n) is 17.0. The Morgan fingerprint density at radius 1 is 1.24 bits per heavy atom. The summed E-state index contributed by atoms with van der Waals surface area (Å²) in [6.07, 6.45) is 1.69. The van der Waals surface area contributed by atoms with E-state index in [0.717, 1.165) is 49.3 Å². The number of amidine groups is 2. The standard InChI is InChI=1S/C22H27F3N4/c1-4-6-16-10-20-19(9-15(16)5-2)21(29-13(3)28-20)27-12-14-7-17(22(23,24)25)11-18(26)8-14/h7-8,10-11,19H,4-6,9,12,26H2,1-3H3,(H,27,28,29). The number of aliphatic imine (C=N–C) groups is 2. The highest BCUT2D eigenvalue weighted by atomic mass is 19.4. The second-order valence-electron chi connectivity index (χ2n) is 7.55. The molecule has 1 heterocycles. The van der Waals surface area contributed by atoms with Crippen LogP contribution in [0.5, 0.6) is 0 Å². The van der Waals surface area contributed by atoms with Crippen LogP contribution in [0, 0.1) is 5.92 Å². The zero-order chi connectivity index (χ0) is 21.2. The van der Waals surface area contributed by atoms with Crippen molar-refractivity contribution in [3.8, 4) is 0 Å². The Labute approximate surface area is 169 Å². The van der Waals surface area contributed by atoms with Crippen LogP contribution in [-0.4, -0.2) is 11.7 Å². The summed E-state index contributed by atoms with van der Waals surface area (Å²) in [5.74, 6) is 1.41. The first kappa shape index (κ1) is 21.1. The van der Waals surface area contributed by atoms with E-state index in [4.69, 9.17) is 5.73 Å². The van der Waals surface area contributed by atoms with Gasteiger partial charge < -0.3 is 11.1 Å². The smallest absolute Gasteiger partial charge is 0.399 e. The van der Waals surface area contributed by atoms with Crippen LogP contribution in [0.15, 0.2) is 51.1 Å². The van der Waals surface area contributed by atoms with Crippen molar-refractivity contribution in [1.82, 2.24) is 5.32 Å². The average Bonchev–Trinajstić information content (AvgIpc) is 2.64. The molecule has 1 aliphatic heterocycles. The van der Waals surface area contributed by atoms with Crippen LogP contribution >= 0.6 is 0 Å². The van der Waals surface area contributed by atoms with Crippen LogP contribution in [-0.2, 0) is 12.7 Å². The molecule has 0 saturated carbocycles. The Kier molecular flexibility index (Phi) is 6.15. The molecule has 0 saturated heterocycles. The fourth-order valence-corrected chi connectivity index (χ4v) is 3.90. The van der Waals surface area contributed by atoms with E-state index in [0.29, 0.717) is 11.4 Å². The molecule has 0 spiro atoms. The van der Waals surface area contributed by atoms with Crippen molar-refractivity contribution in [3.05, 3.63) is 52.2 Å². The number of hydrogen-bond donors (Lipinski definition) is 2. The largest absolute Gasteiger partial charge is 0.416 e. The number of allylic oxidation sites excluding steroid dienone is 3. The van der Waals surface area contributed by atoms with Crippen molar-refractivity contribution >= 4 is 17.4 Å². The lowest BCUT2D eigenvalue weighted by Gasteiger charge is -2.31. The van der Waals surface area contributed by atoms with E-state index in [1.807, 2.05) is 6.92 Å². The van der Waals surface area contributed by atoms with Gasteiger partial charge in [0.1, 0.15) is 11.7 Å². The van der Waals surface area contributed by atoms with Crippen LogP contribution in [0.3, 0.4) is 0 Å². The van der Waals surface area contributed by atoms with Crippen molar-refractivity contribution in [3.63, 3.8) is 0 Å². The number of benzene rings is 1. The summed E-state index contributed by atoms with van der Waals surface area (Å²) in [7, 11) is 0. The molecule has 0 fully saturated rings. The second kappa shape index (κ2) is 8.43. The molecule has 0 bridgehead atoms. The molecule has 7 heteroatoms. The predicted molar refractivity (Wildman–Crippen MR) is 112 cm³/mol. The molecule has 3 N–H and O–H groups in total. The molecule has 0 amide bonds. The molecular formula is C22H27F3N4. The third-order valence-corrected chi connectivity index (χ3v) is 5.24. The molecule has 156 valence electrons. The first-order chi connectivity index (χ1) is 13.7. The summed E-state index contributed by atoms with van der Waals surface area (Å²) in [5.41, 5.74) is 9.26. The van der Waals surface area contributed by atoms with Gasteiger partial charge in [-0.25, -0.2) is 4.99 Å². The average molecular weight is 404 g/mol. The van der Waals surface area contributed by atoms with Gasteiger partial charge in [0.25, 0.3) is 0 Å². The highest BCUT2D eigenvalue weighted by molar-refractivity contribution is 6.02. The predicted octanol–water partition coefficient (Wildman–Crippen LogP) is 5.62. The normalized spacial score (nSPS) is 20.9. The fourth-order valence-electron chi connectivity index (χ4n) is 3.90. The minimum Gasteiger partial charge on any atom is -0.399 e. The minimum atomic E-state index is -4.43. The van der Waals surface area contributed by atoms with Crippen molar-refractivity contribution in [2.24, 2.45) is 15.9 Å². The van der Waals surface area contributed by atoms with Crippen LogP contribution in [0.2, 0.25) is 0 Å². The summed E-state index contributed by atoms with van der Waals surface area (Å²) in [6.45, 7) is 6.29. The van der Waals surface area contributed by atoms with Crippen LogP contribution in [0.4, 0.5) is 18.9 Å². The SMILES string of the molecule is CCCC1=C(CC)CC2C(=C1)NC(C)=NC2=NCc1cc(N)cc(C(F)(F)F)c1. The third-order valence-electron chi connectivity index (χ3n) is 5.24. The number of alkyl halides is 3. The second-order valence-corrected chi connectivity index (χ2v) is 7.55. The van der Waals surface area contributed by atoms with Gasteiger partial charge in [-0.05, 0) is 61.6 Å². The van der Waals surface area contributed by atoms with Gasteiger partial charge >= 0.3 is 6.18 Å². The molecule has 4 nitrogen and oxygen atoms in total. The molecule has 1 aromatic rings. The first-order valence-corrected chi connectivity index (χ1v) is 9.97. The highest BCUT2D eigenvalue weighted by Crippen LogP contribution is 2.35. The fraction of sp³-hybridized carbons (Fsp3) is 0.455. The lowest BCUT2D eigenvalue weighted by molar-refractivity contribution is -0.137. The van der Waals surface area contributed by atoms with Crippen LogP contribution in [0.1, 0.15) is 57.6 Å². The van der Waals surface area contributed by atoms with Crippen molar-refractivity contribution in [2.75, 3.05) is 5.73 Å². The molecule has 0 radical (unpaired) electrons. The lowest BCUT2D eigenvalue weighted by atomic mass is 9.83. The van der Waals surface area contributed by atoms with Crippen LogP contribution in [0.25, 0.3) is 0 Å². The monoisotopic (exact) mass is 404 g/mol. The maximum atomic E-state index is 13.1. The highest BCUT2D eigenvalue weighted by Gasteiger charge is 2.32. The van der Waals surface area contributed by atoms with Gasteiger partial charge in [-0.1, -0.05) is 25.8 Å². The van der Waals surface area contributed by atoms with Gasteiger partial charge in [-0.2, -0.15) is 13.2 Å². The van der Waals surface area contributed by atoms with E-state index >= 15 is 0 Å². The zero-order valence-corrected chi connectivity index (χ0v) is 17.0. The molecule has 1 aromatic carbocycles. The van der Waals surface area contributed by atoms with Crippen molar-refractivity contribution in [1.29, 1.82) is 0 Å². The number of nitrogens with two attached hydrogens (primary N) is 1. The van der Waals surface area contributed by atoms with Gasteiger partial charge in [0.05, 0.1) is 18.0 Å². The minimum absolute atomic E-state index is 0.0115. The van der Waals surface area contributed by atoms with E-state index in [9.17, 15) is 13.2 Å². The Balaban J connectivity index is 1.90. The quantitative estimate of drug-likeness (QED) is 0.626. The number of anilines is 1. The number of hydrogen-bond acceptors (Lipinski definition) is 3. The number of rotatable bonds is 5.